The summed E-state index contributed by atoms with van der Waals surface area (Å²) in [5.41, 5.74) is 0.648. The molecular formula is C12H15FO3S. The minimum Gasteiger partial charge on any atom is -0.303 e. The van der Waals surface area contributed by atoms with Gasteiger partial charge in [0.05, 0.1) is 4.90 Å². The third-order valence-corrected chi connectivity index (χ3v) is 3.91. The van der Waals surface area contributed by atoms with Gasteiger partial charge in [-0.15, -0.1) is 0 Å². The fraction of sp³-hybridized carbons (Fsp3) is 0.417. The van der Waals surface area contributed by atoms with E-state index < -0.39 is 15.7 Å². The first-order valence-electron chi connectivity index (χ1n) is 5.21. The van der Waals surface area contributed by atoms with Crippen molar-refractivity contribution in [3.63, 3.8) is 0 Å². The molecule has 0 saturated carbocycles. The molecule has 5 heteroatoms. The predicted octanol–water partition coefficient (Wildman–Crippen LogP) is 2.23. The standard InChI is InChI=1S/C12H15FO3S/c1-8(4-5-14)10-7-12(17(3,15)16)9(2)6-11(10)13/h5-8H,4H2,1-3H3. The van der Waals surface area contributed by atoms with Crippen molar-refractivity contribution in [1.29, 1.82) is 0 Å². The Morgan fingerprint density at radius 1 is 1.41 bits per heavy atom. The summed E-state index contributed by atoms with van der Waals surface area (Å²) in [5.74, 6) is -0.794. The number of carbonyl (C=O) groups is 1. The molecule has 3 nitrogen and oxygen atoms in total. The van der Waals surface area contributed by atoms with Crippen molar-refractivity contribution in [2.24, 2.45) is 0 Å². The molecule has 0 saturated heterocycles. The van der Waals surface area contributed by atoms with Crippen LogP contribution in [0.3, 0.4) is 0 Å². The van der Waals surface area contributed by atoms with Crippen molar-refractivity contribution in [2.45, 2.75) is 31.1 Å². The zero-order valence-electron chi connectivity index (χ0n) is 10.0. The van der Waals surface area contributed by atoms with Gasteiger partial charge in [0, 0.05) is 12.7 Å². The van der Waals surface area contributed by atoms with E-state index in [2.05, 4.69) is 0 Å². The van der Waals surface area contributed by atoms with Crippen LogP contribution in [0.2, 0.25) is 0 Å². The van der Waals surface area contributed by atoms with Crippen LogP contribution in [-0.2, 0) is 14.6 Å². The highest BCUT2D eigenvalue weighted by atomic mass is 32.2. The number of benzene rings is 1. The third-order valence-electron chi connectivity index (χ3n) is 2.67. The number of rotatable bonds is 4. The van der Waals surface area contributed by atoms with Crippen LogP contribution in [0.1, 0.15) is 30.4 Å². The van der Waals surface area contributed by atoms with E-state index in [1.54, 1.807) is 13.8 Å². The number of aryl methyl sites for hydroxylation is 1. The number of hydrogen-bond acceptors (Lipinski definition) is 3. The zero-order chi connectivity index (χ0) is 13.2. The van der Waals surface area contributed by atoms with Crippen LogP contribution in [0.5, 0.6) is 0 Å². The molecule has 1 unspecified atom stereocenters. The summed E-state index contributed by atoms with van der Waals surface area (Å²) in [7, 11) is -3.38. The van der Waals surface area contributed by atoms with Crippen molar-refractivity contribution in [3.8, 4) is 0 Å². The van der Waals surface area contributed by atoms with Gasteiger partial charge < -0.3 is 4.79 Å². The van der Waals surface area contributed by atoms with Crippen LogP contribution in [0.15, 0.2) is 17.0 Å². The van der Waals surface area contributed by atoms with Crippen LogP contribution < -0.4 is 0 Å². The van der Waals surface area contributed by atoms with Gasteiger partial charge in [0.1, 0.15) is 12.1 Å². The van der Waals surface area contributed by atoms with Gasteiger partial charge in [0.25, 0.3) is 0 Å². The van der Waals surface area contributed by atoms with Gasteiger partial charge in [-0.25, -0.2) is 12.8 Å². The van der Waals surface area contributed by atoms with Crippen LogP contribution in [-0.4, -0.2) is 21.0 Å². The predicted molar refractivity (Wildman–Crippen MR) is 63.3 cm³/mol. The molecule has 0 fully saturated rings. The Hall–Kier alpha value is -1.23. The zero-order valence-corrected chi connectivity index (χ0v) is 10.8. The molecule has 0 N–H and O–H groups in total. The van der Waals surface area contributed by atoms with E-state index in [0.29, 0.717) is 11.8 Å². The number of aldehydes is 1. The molecule has 1 aromatic rings. The maximum atomic E-state index is 13.7. The maximum absolute atomic E-state index is 13.7. The second-order valence-corrected chi connectivity index (χ2v) is 6.20. The summed E-state index contributed by atoms with van der Waals surface area (Å²) in [6.07, 6.45) is 1.95. The molecule has 0 aliphatic carbocycles. The monoisotopic (exact) mass is 258 g/mol. The lowest BCUT2D eigenvalue weighted by atomic mass is 9.97. The number of carbonyl (C=O) groups excluding carboxylic acids is 1. The van der Waals surface area contributed by atoms with E-state index in [1.807, 2.05) is 0 Å². The van der Waals surface area contributed by atoms with Crippen LogP contribution >= 0.6 is 0 Å². The SMILES string of the molecule is Cc1cc(F)c(C(C)CC=O)cc1S(C)(=O)=O. The molecule has 1 atom stereocenters. The first-order chi connectivity index (χ1) is 7.77. The third kappa shape index (κ3) is 3.12. The van der Waals surface area contributed by atoms with Crippen LogP contribution in [0, 0.1) is 12.7 Å². The normalized spacial score (nSPS) is 13.4. The quantitative estimate of drug-likeness (QED) is 0.614. The van der Waals surface area contributed by atoms with Gasteiger partial charge in [0.2, 0.25) is 0 Å². The van der Waals surface area contributed by atoms with Crippen LogP contribution in [0.25, 0.3) is 0 Å². The van der Waals surface area contributed by atoms with E-state index in [1.165, 1.54) is 12.1 Å². The van der Waals surface area contributed by atoms with Gasteiger partial charge in [-0.1, -0.05) is 6.92 Å². The minimum absolute atomic E-state index is 0.117. The largest absolute Gasteiger partial charge is 0.303 e. The second-order valence-electron chi connectivity index (χ2n) is 4.21. The van der Waals surface area contributed by atoms with E-state index >= 15 is 0 Å². The molecule has 0 amide bonds. The average Bonchev–Trinajstić information content (AvgIpc) is 2.15. The van der Waals surface area contributed by atoms with Gasteiger partial charge >= 0.3 is 0 Å². The molecule has 0 aromatic heterocycles. The first kappa shape index (κ1) is 13.8. The average molecular weight is 258 g/mol. The molecule has 0 aliphatic rings. The summed E-state index contributed by atoms with van der Waals surface area (Å²) in [6.45, 7) is 3.24. The Morgan fingerprint density at radius 3 is 2.47 bits per heavy atom. The lowest BCUT2D eigenvalue weighted by Gasteiger charge is -2.13. The topological polar surface area (TPSA) is 51.2 Å². The van der Waals surface area contributed by atoms with E-state index in [-0.39, 0.29) is 22.8 Å². The molecule has 1 rings (SSSR count). The number of halogens is 1. The molecule has 17 heavy (non-hydrogen) atoms. The highest BCUT2D eigenvalue weighted by Crippen LogP contribution is 2.26. The van der Waals surface area contributed by atoms with Crippen molar-refractivity contribution in [1.82, 2.24) is 0 Å². The minimum atomic E-state index is -3.38. The molecule has 0 aliphatic heterocycles. The van der Waals surface area contributed by atoms with E-state index in [0.717, 1.165) is 6.26 Å². The second kappa shape index (κ2) is 4.96. The Bertz CT molecular complexity index is 535. The van der Waals surface area contributed by atoms with Gasteiger partial charge in [-0.3, -0.25) is 0 Å². The summed E-state index contributed by atoms with van der Waals surface area (Å²) in [6, 6.07) is 2.53. The lowest BCUT2D eigenvalue weighted by Crippen LogP contribution is -2.05. The van der Waals surface area contributed by atoms with Gasteiger partial charge in [-0.2, -0.15) is 0 Å². The Balaban J connectivity index is 3.39. The molecule has 0 heterocycles. The highest BCUT2D eigenvalue weighted by molar-refractivity contribution is 7.90. The summed E-state index contributed by atoms with van der Waals surface area (Å²) >= 11 is 0. The Kier molecular flexibility index (Phi) is 4.03. The Morgan fingerprint density at radius 2 is 2.00 bits per heavy atom. The fourth-order valence-corrected chi connectivity index (χ4v) is 2.70. The maximum Gasteiger partial charge on any atom is 0.175 e. The Labute approximate surface area is 101 Å². The first-order valence-corrected chi connectivity index (χ1v) is 7.10. The molecule has 94 valence electrons. The molecule has 0 bridgehead atoms. The van der Waals surface area contributed by atoms with E-state index in [4.69, 9.17) is 0 Å². The van der Waals surface area contributed by atoms with E-state index in [9.17, 15) is 17.6 Å². The van der Waals surface area contributed by atoms with Crippen LogP contribution in [0.4, 0.5) is 4.39 Å². The molecule has 0 spiro atoms. The smallest absolute Gasteiger partial charge is 0.175 e. The summed E-state index contributed by atoms with van der Waals surface area (Å²) in [5, 5.41) is 0. The van der Waals surface area contributed by atoms with Gasteiger partial charge in [-0.05, 0) is 36.1 Å². The number of sulfone groups is 1. The van der Waals surface area contributed by atoms with Crippen molar-refractivity contribution < 1.29 is 17.6 Å². The molecule has 1 aromatic carbocycles. The number of hydrogen-bond donors (Lipinski definition) is 0. The summed E-state index contributed by atoms with van der Waals surface area (Å²) in [4.78, 5) is 10.5. The molecule has 0 radical (unpaired) electrons. The van der Waals surface area contributed by atoms with Crippen molar-refractivity contribution >= 4 is 16.1 Å². The van der Waals surface area contributed by atoms with Gasteiger partial charge in [0.15, 0.2) is 9.84 Å². The fourth-order valence-electron chi connectivity index (χ4n) is 1.72. The van der Waals surface area contributed by atoms with Crippen molar-refractivity contribution in [2.75, 3.05) is 6.26 Å². The highest BCUT2D eigenvalue weighted by Gasteiger charge is 2.18. The molecular weight excluding hydrogens is 243 g/mol. The van der Waals surface area contributed by atoms with Crippen molar-refractivity contribution in [3.05, 3.63) is 29.1 Å². The summed E-state index contributed by atoms with van der Waals surface area (Å²) < 4.78 is 36.7. The lowest BCUT2D eigenvalue weighted by molar-refractivity contribution is -0.108.